The lowest BCUT2D eigenvalue weighted by Crippen LogP contribution is -2.33. The lowest BCUT2D eigenvalue weighted by molar-refractivity contribution is 0.0255. The highest BCUT2D eigenvalue weighted by Crippen LogP contribution is 2.23. The number of morpholine rings is 1. The summed E-state index contributed by atoms with van der Waals surface area (Å²) >= 11 is 0. The van der Waals surface area contributed by atoms with Crippen LogP contribution in [0.15, 0.2) is 30.3 Å². The minimum atomic E-state index is -0.394. The zero-order valence-electron chi connectivity index (χ0n) is 14.7. The summed E-state index contributed by atoms with van der Waals surface area (Å²) in [6, 6.07) is 9.49. The number of nitrogens with zero attached hydrogens (tertiary/aromatic N) is 2. The third-order valence-corrected chi connectivity index (χ3v) is 4.15. The largest absolute Gasteiger partial charge is 0.481 e. The molecule has 0 unspecified atom stereocenters. The number of carbonyl (C=O) groups excluding carboxylic acids is 1. The summed E-state index contributed by atoms with van der Waals surface area (Å²) < 4.78 is 25.0. The van der Waals surface area contributed by atoms with E-state index in [1.54, 1.807) is 12.1 Å². The van der Waals surface area contributed by atoms with E-state index in [9.17, 15) is 9.18 Å². The third kappa shape index (κ3) is 5.01. The number of nitriles is 1. The van der Waals surface area contributed by atoms with Crippen molar-refractivity contribution in [3.05, 3.63) is 58.5 Å². The zero-order chi connectivity index (χ0) is 18.5. The van der Waals surface area contributed by atoms with Crippen molar-refractivity contribution >= 4 is 18.2 Å². The summed E-state index contributed by atoms with van der Waals surface area (Å²) in [5.41, 5.74) is 1.42. The van der Waals surface area contributed by atoms with E-state index in [0.717, 1.165) is 6.54 Å². The maximum Gasteiger partial charge on any atom is 0.214 e. The van der Waals surface area contributed by atoms with Crippen molar-refractivity contribution in [3.8, 4) is 11.9 Å². The number of aromatic nitrogens is 1. The van der Waals surface area contributed by atoms with Gasteiger partial charge in [0.15, 0.2) is 5.78 Å². The lowest BCUT2D eigenvalue weighted by atomic mass is 9.99. The van der Waals surface area contributed by atoms with E-state index < -0.39 is 5.82 Å². The van der Waals surface area contributed by atoms with Gasteiger partial charge in [0.1, 0.15) is 17.6 Å². The average molecular weight is 392 g/mol. The first-order valence-electron chi connectivity index (χ1n) is 8.20. The molecule has 1 fully saturated rings. The predicted molar refractivity (Wildman–Crippen MR) is 98.7 cm³/mol. The van der Waals surface area contributed by atoms with E-state index in [-0.39, 0.29) is 42.3 Å². The second-order valence-corrected chi connectivity index (χ2v) is 5.91. The average Bonchev–Trinajstić information content (AvgIpc) is 2.68. The molecule has 8 heteroatoms. The smallest absolute Gasteiger partial charge is 0.214 e. The van der Waals surface area contributed by atoms with Crippen LogP contribution in [0.4, 0.5) is 4.39 Å². The number of pyridine rings is 1. The van der Waals surface area contributed by atoms with Crippen molar-refractivity contribution in [2.45, 2.75) is 12.5 Å². The molecule has 0 bridgehead atoms. The van der Waals surface area contributed by atoms with Gasteiger partial charge in [0.25, 0.3) is 0 Å². The quantitative estimate of drug-likeness (QED) is 0.789. The lowest BCUT2D eigenvalue weighted by Gasteiger charge is -2.24. The van der Waals surface area contributed by atoms with E-state index in [2.05, 4.69) is 10.3 Å². The Labute approximate surface area is 162 Å². The molecule has 0 saturated carbocycles. The molecule has 2 aromatic rings. The van der Waals surface area contributed by atoms with Crippen LogP contribution in [-0.2, 0) is 11.2 Å². The van der Waals surface area contributed by atoms with Gasteiger partial charge in [-0.15, -0.1) is 12.4 Å². The number of nitrogens with one attached hydrogen (secondary N) is 1. The van der Waals surface area contributed by atoms with Gasteiger partial charge in [-0.2, -0.15) is 5.26 Å². The number of halogens is 2. The topological polar surface area (TPSA) is 84.2 Å². The molecule has 6 nitrogen and oxygen atoms in total. The Morgan fingerprint density at radius 3 is 2.89 bits per heavy atom. The van der Waals surface area contributed by atoms with Crippen molar-refractivity contribution in [2.24, 2.45) is 0 Å². The molecule has 27 heavy (non-hydrogen) atoms. The van der Waals surface area contributed by atoms with Crippen LogP contribution in [0.2, 0.25) is 0 Å². The van der Waals surface area contributed by atoms with Gasteiger partial charge in [0.05, 0.1) is 19.8 Å². The summed E-state index contributed by atoms with van der Waals surface area (Å²) in [6.07, 6.45) is -0.310. The van der Waals surface area contributed by atoms with E-state index in [4.69, 9.17) is 14.7 Å². The van der Waals surface area contributed by atoms with E-state index >= 15 is 0 Å². The second-order valence-electron chi connectivity index (χ2n) is 5.91. The molecule has 1 aliphatic rings. The number of hydrogen-bond donors (Lipinski definition) is 1. The van der Waals surface area contributed by atoms with E-state index in [0.29, 0.717) is 29.8 Å². The molecule has 1 saturated heterocycles. The van der Waals surface area contributed by atoms with Crippen LogP contribution < -0.4 is 10.1 Å². The van der Waals surface area contributed by atoms with Crippen LogP contribution >= 0.6 is 12.4 Å². The van der Waals surface area contributed by atoms with Crippen LogP contribution in [-0.4, -0.2) is 37.6 Å². The number of benzene rings is 1. The Bertz CT molecular complexity index is 864. The Balaban J connectivity index is 0.00000261. The third-order valence-electron chi connectivity index (χ3n) is 4.15. The van der Waals surface area contributed by atoms with Crippen LogP contribution in [0.5, 0.6) is 5.88 Å². The molecule has 142 valence electrons. The van der Waals surface area contributed by atoms with E-state index in [1.165, 1.54) is 25.3 Å². The van der Waals surface area contributed by atoms with Crippen LogP contribution in [0.1, 0.15) is 33.3 Å². The number of hydrogen-bond acceptors (Lipinski definition) is 6. The molecule has 2 heterocycles. The SMILES string of the molecule is COc1cc(C(=O)Cc2ccc([C@H]3CNCCO3)c(F)c2)cc(C#N)n1.Cl. The molecule has 0 radical (unpaired) electrons. The zero-order valence-corrected chi connectivity index (χ0v) is 15.5. The van der Waals surface area contributed by atoms with Crippen molar-refractivity contribution in [1.82, 2.24) is 10.3 Å². The monoisotopic (exact) mass is 391 g/mol. The Morgan fingerprint density at radius 1 is 1.44 bits per heavy atom. The van der Waals surface area contributed by atoms with Crippen molar-refractivity contribution in [3.63, 3.8) is 0 Å². The predicted octanol–water partition coefficient (Wildman–Crippen LogP) is 2.61. The maximum absolute atomic E-state index is 14.4. The van der Waals surface area contributed by atoms with Gasteiger partial charge < -0.3 is 14.8 Å². The van der Waals surface area contributed by atoms with Gasteiger partial charge in [-0.25, -0.2) is 9.37 Å². The van der Waals surface area contributed by atoms with Gasteiger partial charge in [0.2, 0.25) is 5.88 Å². The summed E-state index contributed by atoms with van der Waals surface area (Å²) in [6.45, 7) is 1.85. The highest BCUT2D eigenvalue weighted by atomic mass is 35.5. The fourth-order valence-electron chi connectivity index (χ4n) is 2.82. The van der Waals surface area contributed by atoms with Crippen LogP contribution in [0, 0.1) is 17.1 Å². The molecule has 1 aromatic carbocycles. The Morgan fingerprint density at radius 2 is 2.26 bits per heavy atom. The Hall–Kier alpha value is -2.53. The normalized spacial score (nSPS) is 16.1. The number of Topliss-reactive ketones (excluding diaryl/α,β-unsaturated/α-hetero) is 1. The summed E-state index contributed by atoms with van der Waals surface area (Å²) in [7, 11) is 1.41. The maximum atomic E-state index is 14.4. The van der Waals surface area contributed by atoms with Crippen LogP contribution in [0.25, 0.3) is 0 Å². The standard InChI is InChI=1S/C19H18FN3O3.ClH/c1-25-19-9-13(8-14(10-21)23-19)17(24)7-12-2-3-15(16(20)6-12)18-11-22-4-5-26-18;/h2-3,6,8-9,18,22H,4-5,7,11H2,1H3;1H/t18-;/m1./s1. The molecule has 0 amide bonds. The van der Waals surface area contributed by atoms with Gasteiger partial charge in [-0.05, 0) is 17.7 Å². The second kappa shape index (κ2) is 9.42. The van der Waals surface area contributed by atoms with Gasteiger partial charge in [0, 0.05) is 36.7 Å². The highest BCUT2D eigenvalue weighted by molar-refractivity contribution is 5.98. The van der Waals surface area contributed by atoms with Gasteiger partial charge in [-0.3, -0.25) is 4.79 Å². The van der Waals surface area contributed by atoms with Crippen molar-refractivity contribution < 1.29 is 18.7 Å². The summed E-state index contributed by atoms with van der Waals surface area (Å²) in [5.74, 6) is -0.449. The van der Waals surface area contributed by atoms with E-state index in [1.807, 2.05) is 6.07 Å². The molecule has 0 spiro atoms. The number of ketones is 1. The number of methoxy groups -OCH3 is 1. The number of carbonyl (C=O) groups is 1. The molecule has 1 aromatic heterocycles. The number of ether oxygens (including phenoxy) is 2. The molecule has 0 aliphatic carbocycles. The first-order valence-corrected chi connectivity index (χ1v) is 8.20. The summed E-state index contributed by atoms with van der Waals surface area (Å²) in [4.78, 5) is 16.4. The van der Waals surface area contributed by atoms with Gasteiger partial charge in [-0.1, -0.05) is 12.1 Å². The Kier molecular flexibility index (Phi) is 7.25. The van der Waals surface area contributed by atoms with Crippen molar-refractivity contribution in [2.75, 3.05) is 26.8 Å². The molecule has 3 rings (SSSR count). The fourth-order valence-corrected chi connectivity index (χ4v) is 2.82. The minimum Gasteiger partial charge on any atom is -0.481 e. The highest BCUT2D eigenvalue weighted by Gasteiger charge is 2.20. The number of rotatable bonds is 5. The molecule has 1 aliphatic heterocycles. The summed E-state index contributed by atoms with van der Waals surface area (Å²) in [5, 5.41) is 12.2. The van der Waals surface area contributed by atoms with Crippen LogP contribution in [0.3, 0.4) is 0 Å². The molecule has 1 atom stereocenters. The molecule has 1 N–H and O–H groups in total. The van der Waals surface area contributed by atoms with Crippen molar-refractivity contribution in [1.29, 1.82) is 5.26 Å². The molecular formula is C19H19ClFN3O3. The first-order chi connectivity index (χ1) is 12.6. The fraction of sp³-hybridized carbons (Fsp3) is 0.316. The van der Waals surface area contributed by atoms with Gasteiger partial charge >= 0.3 is 0 Å². The molecular weight excluding hydrogens is 373 g/mol. The minimum absolute atomic E-state index is 0. The first kappa shape index (κ1) is 20.8.